The summed E-state index contributed by atoms with van der Waals surface area (Å²) in [6.07, 6.45) is 1.75. The molecule has 0 spiro atoms. The van der Waals surface area contributed by atoms with Crippen LogP contribution in [0.15, 0.2) is 48.5 Å². The van der Waals surface area contributed by atoms with Gasteiger partial charge < -0.3 is 15.9 Å². The van der Waals surface area contributed by atoms with Crippen molar-refractivity contribution in [2.45, 2.75) is 12.8 Å². The maximum Gasteiger partial charge on any atom is 0.269 e. The molecule has 7 heteroatoms. The number of imidazole rings is 1. The Morgan fingerprint density at radius 2 is 1.77 bits per heavy atom. The van der Waals surface area contributed by atoms with Crippen molar-refractivity contribution in [1.29, 1.82) is 0 Å². The van der Waals surface area contributed by atoms with Crippen molar-refractivity contribution in [2.24, 2.45) is 5.73 Å². The number of halogens is 1. The number of benzene rings is 2. The van der Waals surface area contributed by atoms with Gasteiger partial charge in [0.05, 0.1) is 0 Å². The summed E-state index contributed by atoms with van der Waals surface area (Å²) < 4.78 is 20.3. The lowest BCUT2D eigenvalue weighted by atomic mass is 10.1. The zero-order chi connectivity index (χ0) is 18.1. The molecule has 1 amide bonds. The summed E-state index contributed by atoms with van der Waals surface area (Å²) in [6, 6.07) is 13.0. The number of nitrogens with one attached hydrogen (secondary N) is 1. The van der Waals surface area contributed by atoms with Crippen molar-refractivity contribution < 1.29 is 13.9 Å². The molecule has 4 rings (SSSR count). The Morgan fingerprint density at radius 3 is 2.42 bits per heavy atom. The molecular formula is C19H17FN4O2. The number of rotatable bonds is 4. The predicted molar refractivity (Wildman–Crippen MR) is 95.2 cm³/mol. The lowest BCUT2D eigenvalue weighted by molar-refractivity contribution is 0.0993. The van der Waals surface area contributed by atoms with E-state index in [1.165, 1.54) is 12.1 Å². The van der Waals surface area contributed by atoms with Gasteiger partial charge in [-0.1, -0.05) is 0 Å². The van der Waals surface area contributed by atoms with Gasteiger partial charge in [0.25, 0.3) is 5.91 Å². The average molecular weight is 352 g/mol. The van der Waals surface area contributed by atoms with E-state index in [9.17, 15) is 9.18 Å². The second-order valence-corrected chi connectivity index (χ2v) is 6.02. The van der Waals surface area contributed by atoms with Crippen LogP contribution in [0.2, 0.25) is 0 Å². The lowest BCUT2D eigenvalue weighted by Gasteiger charge is -2.17. The Morgan fingerprint density at radius 1 is 1.12 bits per heavy atom. The van der Waals surface area contributed by atoms with Crippen LogP contribution in [0.1, 0.15) is 22.7 Å². The second-order valence-electron chi connectivity index (χ2n) is 6.02. The van der Waals surface area contributed by atoms with Crippen LogP contribution in [-0.4, -0.2) is 22.1 Å². The number of nitrogens with two attached hydrogens (primary N) is 1. The Kier molecular flexibility index (Phi) is 4.04. The molecule has 0 unspecified atom stereocenters. The topological polar surface area (TPSA) is 82.2 Å². The minimum atomic E-state index is -0.528. The number of primary amides is 1. The third-order valence-corrected chi connectivity index (χ3v) is 4.20. The zero-order valence-corrected chi connectivity index (χ0v) is 13.9. The molecule has 1 aromatic heterocycles. The summed E-state index contributed by atoms with van der Waals surface area (Å²) >= 11 is 0. The SMILES string of the molecule is NC(=O)c1c(-c2ccc(Oc3ccc(F)cc3)cc2)nc2n1NCCC2. The van der Waals surface area contributed by atoms with Gasteiger partial charge in [0, 0.05) is 18.5 Å². The normalized spacial score (nSPS) is 13.0. The van der Waals surface area contributed by atoms with Crippen LogP contribution >= 0.6 is 0 Å². The van der Waals surface area contributed by atoms with Gasteiger partial charge in [0.2, 0.25) is 0 Å². The smallest absolute Gasteiger partial charge is 0.269 e. The van der Waals surface area contributed by atoms with Crippen molar-refractivity contribution in [3.63, 3.8) is 0 Å². The van der Waals surface area contributed by atoms with Gasteiger partial charge in [-0.15, -0.1) is 0 Å². The second kappa shape index (κ2) is 6.51. The lowest BCUT2D eigenvalue weighted by Crippen LogP contribution is -2.29. The molecule has 3 aromatic rings. The van der Waals surface area contributed by atoms with Gasteiger partial charge in [-0.05, 0) is 55.0 Å². The summed E-state index contributed by atoms with van der Waals surface area (Å²) in [7, 11) is 0. The first kappa shape index (κ1) is 16.1. The molecule has 1 aliphatic heterocycles. The first-order valence-corrected chi connectivity index (χ1v) is 8.31. The molecule has 2 aromatic carbocycles. The summed E-state index contributed by atoms with van der Waals surface area (Å²) in [4.78, 5) is 16.5. The van der Waals surface area contributed by atoms with E-state index in [2.05, 4.69) is 10.4 Å². The molecule has 2 heterocycles. The fraction of sp³-hybridized carbons (Fsp3) is 0.158. The van der Waals surface area contributed by atoms with E-state index in [-0.39, 0.29) is 5.82 Å². The third-order valence-electron chi connectivity index (χ3n) is 4.20. The first-order valence-electron chi connectivity index (χ1n) is 8.31. The van der Waals surface area contributed by atoms with E-state index in [1.54, 1.807) is 28.9 Å². The molecule has 3 N–H and O–H groups in total. The largest absolute Gasteiger partial charge is 0.457 e. The number of nitrogens with zero attached hydrogens (tertiary/aromatic N) is 2. The van der Waals surface area contributed by atoms with Gasteiger partial charge in [-0.2, -0.15) is 0 Å². The number of fused-ring (bicyclic) bond motifs is 1. The number of aryl methyl sites for hydroxylation is 1. The van der Waals surface area contributed by atoms with E-state index in [4.69, 9.17) is 10.5 Å². The molecule has 26 heavy (non-hydrogen) atoms. The number of amides is 1. The quantitative estimate of drug-likeness (QED) is 0.756. The van der Waals surface area contributed by atoms with E-state index >= 15 is 0 Å². The number of hydrogen-bond acceptors (Lipinski definition) is 4. The highest BCUT2D eigenvalue weighted by Crippen LogP contribution is 2.28. The fourth-order valence-electron chi connectivity index (χ4n) is 2.99. The Balaban J connectivity index is 1.64. The average Bonchev–Trinajstić information content (AvgIpc) is 3.04. The molecule has 6 nitrogen and oxygen atoms in total. The highest BCUT2D eigenvalue weighted by atomic mass is 19.1. The number of ether oxygens (including phenoxy) is 1. The Bertz CT molecular complexity index is 949. The molecule has 0 radical (unpaired) electrons. The van der Waals surface area contributed by atoms with Gasteiger partial charge in [-0.25, -0.2) is 14.1 Å². The molecule has 132 valence electrons. The summed E-state index contributed by atoms with van der Waals surface area (Å²) in [6.45, 7) is 0.771. The van der Waals surface area contributed by atoms with Crippen LogP contribution < -0.4 is 15.9 Å². The minimum Gasteiger partial charge on any atom is -0.457 e. The van der Waals surface area contributed by atoms with E-state index < -0.39 is 5.91 Å². The van der Waals surface area contributed by atoms with Crippen LogP contribution in [-0.2, 0) is 6.42 Å². The molecule has 0 atom stereocenters. The molecule has 1 aliphatic rings. The number of hydrogen-bond donors (Lipinski definition) is 2. The number of carbonyl (C=O) groups is 1. The van der Waals surface area contributed by atoms with Crippen LogP contribution in [0.4, 0.5) is 4.39 Å². The summed E-state index contributed by atoms with van der Waals surface area (Å²) in [5, 5.41) is 0. The molecule has 0 saturated carbocycles. The molecule has 0 bridgehead atoms. The van der Waals surface area contributed by atoms with Crippen LogP contribution in [0, 0.1) is 5.82 Å². The van der Waals surface area contributed by atoms with Crippen molar-refractivity contribution >= 4 is 5.91 Å². The summed E-state index contributed by atoms with van der Waals surface area (Å²) in [5.41, 5.74) is 10.4. The molecular weight excluding hydrogens is 335 g/mol. The van der Waals surface area contributed by atoms with Crippen molar-refractivity contribution in [3.05, 3.63) is 65.9 Å². The maximum absolute atomic E-state index is 13.0. The highest BCUT2D eigenvalue weighted by molar-refractivity contribution is 5.97. The standard InChI is InChI=1S/C19H17FN4O2/c20-13-5-9-15(10-6-13)26-14-7-3-12(4-8-14)17-18(19(21)25)24-16(23-17)2-1-11-22-24/h3-10,22H,1-2,11H2,(H2,21,25). The summed E-state index contributed by atoms with van der Waals surface area (Å²) in [5.74, 6) is 1.09. The Hall–Kier alpha value is -3.35. The molecule has 0 fully saturated rings. The van der Waals surface area contributed by atoms with E-state index in [0.717, 1.165) is 30.8 Å². The fourth-order valence-corrected chi connectivity index (χ4v) is 2.99. The molecule has 0 saturated heterocycles. The van der Waals surface area contributed by atoms with Gasteiger partial charge in [-0.3, -0.25) is 4.79 Å². The minimum absolute atomic E-state index is 0.316. The number of carbonyl (C=O) groups excluding carboxylic acids is 1. The van der Waals surface area contributed by atoms with Crippen molar-refractivity contribution in [3.8, 4) is 22.8 Å². The Labute approximate surface area is 149 Å². The van der Waals surface area contributed by atoms with Gasteiger partial charge in [0.1, 0.15) is 28.8 Å². The van der Waals surface area contributed by atoms with Gasteiger partial charge in [0.15, 0.2) is 5.69 Å². The van der Waals surface area contributed by atoms with Gasteiger partial charge >= 0.3 is 0 Å². The monoisotopic (exact) mass is 352 g/mol. The van der Waals surface area contributed by atoms with Crippen LogP contribution in [0.25, 0.3) is 11.3 Å². The third kappa shape index (κ3) is 2.99. The predicted octanol–water partition coefficient (Wildman–Crippen LogP) is 3.07. The first-order chi connectivity index (χ1) is 12.6. The van der Waals surface area contributed by atoms with Crippen LogP contribution in [0.3, 0.4) is 0 Å². The van der Waals surface area contributed by atoms with E-state index in [0.29, 0.717) is 22.9 Å². The molecule has 0 aliphatic carbocycles. The number of aromatic nitrogens is 2. The van der Waals surface area contributed by atoms with E-state index in [1.807, 2.05) is 12.1 Å². The van der Waals surface area contributed by atoms with Crippen molar-refractivity contribution in [1.82, 2.24) is 9.66 Å². The highest BCUT2D eigenvalue weighted by Gasteiger charge is 2.24. The zero-order valence-electron chi connectivity index (χ0n) is 13.9. The maximum atomic E-state index is 13.0. The van der Waals surface area contributed by atoms with Crippen molar-refractivity contribution in [2.75, 3.05) is 12.0 Å². The van der Waals surface area contributed by atoms with Crippen LogP contribution in [0.5, 0.6) is 11.5 Å².